The largest absolute Gasteiger partial charge is 0.416 e. The van der Waals surface area contributed by atoms with Gasteiger partial charge in [0.15, 0.2) is 0 Å². The lowest BCUT2D eigenvalue weighted by Gasteiger charge is -2.34. The van der Waals surface area contributed by atoms with Crippen molar-refractivity contribution in [1.82, 2.24) is 10.2 Å². The molecule has 0 aliphatic heterocycles. The average molecular weight is 624 g/mol. The molecule has 0 saturated carbocycles. The van der Waals surface area contributed by atoms with Crippen LogP contribution in [-0.2, 0) is 32.3 Å². The fraction of sp³-hybridized carbons (Fsp3) is 0.333. The van der Waals surface area contributed by atoms with Gasteiger partial charge in [-0.3, -0.25) is 13.9 Å². The van der Waals surface area contributed by atoms with Gasteiger partial charge in [0, 0.05) is 12.1 Å². The van der Waals surface area contributed by atoms with Crippen LogP contribution in [0.15, 0.2) is 77.7 Å². The summed E-state index contributed by atoms with van der Waals surface area (Å²) in [5.41, 5.74) is -0.760. The number of sulfonamides is 1. The summed E-state index contributed by atoms with van der Waals surface area (Å²) in [5.74, 6) is -1.30. The molecule has 42 heavy (non-hydrogen) atoms. The molecule has 0 spiro atoms. The summed E-state index contributed by atoms with van der Waals surface area (Å²) in [7, 11) is -4.59. The highest BCUT2D eigenvalue weighted by Gasteiger charge is 2.36. The van der Waals surface area contributed by atoms with E-state index in [4.69, 9.17) is 11.6 Å². The van der Waals surface area contributed by atoms with Crippen molar-refractivity contribution in [3.63, 3.8) is 0 Å². The average Bonchev–Trinajstić information content (AvgIpc) is 2.90. The van der Waals surface area contributed by atoms with Gasteiger partial charge in [0.2, 0.25) is 11.8 Å². The van der Waals surface area contributed by atoms with Gasteiger partial charge in [-0.1, -0.05) is 54.1 Å². The first-order valence-electron chi connectivity index (χ1n) is 13.0. The molecule has 0 radical (unpaired) electrons. The van der Waals surface area contributed by atoms with Crippen LogP contribution >= 0.6 is 11.6 Å². The number of benzene rings is 3. The lowest BCUT2D eigenvalue weighted by atomic mass is 10.1. The molecule has 3 rings (SSSR count). The van der Waals surface area contributed by atoms with Crippen molar-refractivity contribution < 1.29 is 31.2 Å². The van der Waals surface area contributed by atoms with Crippen molar-refractivity contribution in [3.05, 3.63) is 94.5 Å². The second-order valence-corrected chi connectivity index (χ2v) is 13.1. The number of anilines is 1. The van der Waals surface area contributed by atoms with E-state index < -0.39 is 57.4 Å². The number of aryl methyl sites for hydroxylation is 1. The minimum absolute atomic E-state index is 0.0558. The zero-order valence-corrected chi connectivity index (χ0v) is 25.4. The van der Waals surface area contributed by atoms with Crippen molar-refractivity contribution in [2.24, 2.45) is 0 Å². The Balaban J connectivity index is 2.14. The van der Waals surface area contributed by atoms with Gasteiger partial charge in [0.05, 0.1) is 21.2 Å². The number of alkyl halides is 3. The standard InChI is InChI=1S/C30H33ClF3N3O4S/c1-20-11-9-10-12-22(20)18-36(21(2)28(39)35-29(3,4)5)27(38)19-37(42(40,41)24-13-7-6-8-14-24)26-17-23(30(32,33)34)15-16-25(26)31/h6-17,21H,18-19H2,1-5H3,(H,35,39). The van der Waals surface area contributed by atoms with Crippen LogP contribution < -0.4 is 9.62 Å². The molecule has 226 valence electrons. The molecule has 1 N–H and O–H groups in total. The molecule has 1 atom stereocenters. The fourth-order valence-electron chi connectivity index (χ4n) is 4.14. The first kappa shape index (κ1) is 32.9. The molecule has 0 aromatic heterocycles. The Hall–Kier alpha value is -3.57. The quantitative estimate of drug-likeness (QED) is 0.308. The Morgan fingerprint density at radius 3 is 2.12 bits per heavy atom. The van der Waals surface area contributed by atoms with E-state index in [1.165, 1.54) is 36.1 Å². The Kier molecular flexibility index (Phi) is 10.00. The Labute approximate surface area is 249 Å². The molecule has 0 bridgehead atoms. The maximum Gasteiger partial charge on any atom is 0.416 e. The molecule has 0 heterocycles. The van der Waals surface area contributed by atoms with Crippen molar-refractivity contribution in [2.75, 3.05) is 10.8 Å². The summed E-state index contributed by atoms with van der Waals surface area (Å²) >= 11 is 6.27. The van der Waals surface area contributed by atoms with Crippen molar-refractivity contribution in [3.8, 4) is 0 Å². The van der Waals surface area contributed by atoms with Crippen molar-refractivity contribution >= 4 is 39.1 Å². The van der Waals surface area contributed by atoms with Crippen LogP contribution in [-0.4, -0.2) is 43.3 Å². The number of hydrogen-bond acceptors (Lipinski definition) is 4. The first-order chi connectivity index (χ1) is 19.4. The molecule has 0 aliphatic rings. The molecular weight excluding hydrogens is 591 g/mol. The number of amides is 2. The van der Waals surface area contributed by atoms with Gasteiger partial charge in [-0.2, -0.15) is 13.2 Å². The number of carbonyl (C=O) groups excluding carboxylic acids is 2. The zero-order chi connectivity index (χ0) is 31.5. The maximum atomic E-state index is 14.0. The fourth-order valence-corrected chi connectivity index (χ4v) is 5.86. The predicted molar refractivity (Wildman–Crippen MR) is 157 cm³/mol. The molecule has 0 saturated heterocycles. The van der Waals surface area contributed by atoms with Gasteiger partial charge in [-0.05, 0) is 76.1 Å². The second kappa shape index (κ2) is 12.7. The molecule has 2 amide bonds. The number of rotatable bonds is 9. The molecule has 7 nitrogen and oxygen atoms in total. The third-order valence-electron chi connectivity index (χ3n) is 6.42. The maximum absolute atomic E-state index is 14.0. The van der Waals surface area contributed by atoms with E-state index in [1.54, 1.807) is 39.0 Å². The number of nitrogens with zero attached hydrogens (tertiary/aromatic N) is 2. The van der Waals surface area contributed by atoms with E-state index in [9.17, 15) is 31.2 Å². The molecule has 0 aliphatic carbocycles. The highest BCUT2D eigenvalue weighted by Crippen LogP contribution is 2.37. The van der Waals surface area contributed by atoms with Crippen LogP contribution in [0.3, 0.4) is 0 Å². The monoisotopic (exact) mass is 623 g/mol. The summed E-state index contributed by atoms with van der Waals surface area (Å²) in [4.78, 5) is 28.1. The van der Waals surface area contributed by atoms with Gasteiger partial charge < -0.3 is 10.2 Å². The minimum atomic E-state index is -4.80. The Bertz CT molecular complexity index is 1540. The summed E-state index contributed by atoms with van der Waals surface area (Å²) < 4.78 is 69.2. The van der Waals surface area contributed by atoms with E-state index in [1.807, 2.05) is 19.1 Å². The molecule has 1 unspecified atom stereocenters. The SMILES string of the molecule is Cc1ccccc1CN(C(=O)CN(c1cc(C(F)(F)F)ccc1Cl)S(=O)(=O)c1ccccc1)C(C)C(=O)NC(C)(C)C. The lowest BCUT2D eigenvalue weighted by molar-refractivity contribution is -0.140. The van der Waals surface area contributed by atoms with Gasteiger partial charge >= 0.3 is 6.18 Å². The Morgan fingerprint density at radius 2 is 1.55 bits per heavy atom. The summed E-state index contributed by atoms with van der Waals surface area (Å²) in [5, 5.41) is 2.51. The van der Waals surface area contributed by atoms with Crippen LogP contribution in [0.1, 0.15) is 44.4 Å². The van der Waals surface area contributed by atoms with Crippen LogP contribution in [0, 0.1) is 6.92 Å². The zero-order valence-electron chi connectivity index (χ0n) is 23.9. The van der Waals surface area contributed by atoms with Crippen molar-refractivity contribution in [2.45, 2.75) is 63.8 Å². The molecule has 12 heteroatoms. The highest BCUT2D eigenvalue weighted by molar-refractivity contribution is 7.92. The molecular formula is C30H33ClF3N3O4S. The summed E-state index contributed by atoms with van der Waals surface area (Å²) in [6, 6.07) is 15.4. The molecule has 3 aromatic rings. The van der Waals surface area contributed by atoms with Crippen LogP contribution in [0.25, 0.3) is 0 Å². The van der Waals surface area contributed by atoms with Gasteiger partial charge in [-0.25, -0.2) is 8.42 Å². The van der Waals surface area contributed by atoms with Crippen LogP contribution in [0.4, 0.5) is 18.9 Å². The molecule has 3 aromatic carbocycles. The summed E-state index contributed by atoms with van der Waals surface area (Å²) in [6.07, 6.45) is -4.80. The van der Waals surface area contributed by atoms with Gasteiger partial charge in [0.25, 0.3) is 10.0 Å². The van der Waals surface area contributed by atoms with Crippen molar-refractivity contribution in [1.29, 1.82) is 0 Å². The van der Waals surface area contributed by atoms with Gasteiger partial charge in [0.1, 0.15) is 12.6 Å². The topological polar surface area (TPSA) is 86.8 Å². The first-order valence-corrected chi connectivity index (χ1v) is 14.8. The second-order valence-electron chi connectivity index (χ2n) is 10.9. The number of carbonyl (C=O) groups is 2. The normalized spacial score (nSPS) is 12.9. The third-order valence-corrected chi connectivity index (χ3v) is 8.51. The summed E-state index contributed by atoms with van der Waals surface area (Å²) in [6.45, 7) is 7.67. The number of hydrogen-bond donors (Lipinski definition) is 1. The number of halogens is 4. The van der Waals surface area contributed by atoms with E-state index in [-0.39, 0.29) is 16.5 Å². The predicted octanol–water partition coefficient (Wildman–Crippen LogP) is 6.19. The van der Waals surface area contributed by atoms with E-state index in [0.717, 1.165) is 17.7 Å². The Morgan fingerprint density at radius 1 is 0.952 bits per heavy atom. The highest BCUT2D eigenvalue weighted by atomic mass is 35.5. The third kappa shape index (κ3) is 8.04. The van der Waals surface area contributed by atoms with E-state index >= 15 is 0 Å². The van der Waals surface area contributed by atoms with Gasteiger partial charge in [-0.15, -0.1) is 0 Å². The number of nitrogens with one attached hydrogen (secondary N) is 1. The van der Waals surface area contributed by atoms with Crippen LogP contribution in [0.2, 0.25) is 5.02 Å². The van der Waals surface area contributed by atoms with E-state index in [0.29, 0.717) is 15.9 Å². The smallest absolute Gasteiger partial charge is 0.350 e. The van der Waals surface area contributed by atoms with E-state index in [2.05, 4.69) is 5.32 Å². The van der Waals surface area contributed by atoms with Crippen LogP contribution in [0.5, 0.6) is 0 Å². The molecule has 0 fully saturated rings. The lowest BCUT2D eigenvalue weighted by Crippen LogP contribution is -2.54. The minimum Gasteiger partial charge on any atom is -0.350 e.